The van der Waals surface area contributed by atoms with Gasteiger partial charge >= 0.3 is 0 Å². The van der Waals surface area contributed by atoms with Gasteiger partial charge in [-0.05, 0) is 37.1 Å². The lowest BCUT2D eigenvalue weighted by Gasteiger charge is -2.36. The summed E-state index contributed by atoms with van der Waals surface area (Å²) < 4.78 is 0. The molecule has 1 saturated heterocycles. The van der Waals surface area contributed by atoms with Crippen molar-refractivity contribution in [2.24, 2.45) is 0 Å². The molecule has 0 unspecified atom stereocenters. The van der Waals surface area contributed by atoms with Gasteiger partial charge in [0.15, 0.2) is 0 Å². The summed E-state index contributed by atoms with van der Waals surface area (Å²) in [5, 5.41) is 7.21. The van der Waals surface area contributed by atoms with E-state index < -0.39 is 0 Å². The Bertz CT molecular complexity index is 940. The second-order valence-electron chi connectivity index (χ2n) is 7.10. The average Bonchev–Trinajstić information content (AvgIpc) is 3.20. The van der Waals surface area contributed by atoms with Crippen molar-refractivity contribution in [3.8, 4) is 11.3 Å². The maximum absolute atomic E-state index is 12.8. The lowest BCUT2D eigenvalue weighted by Crippen LogP contribution is -2.49. The highest BCUT2D eigenvalue weighted by Crippen LogP contribution is 2.23. The molecule has 2 heterocycles. The van der Waals surface area contributed by atoms with Crippen LogP contribution in [0.2, 0.25) is 0 Å². The molecular weight excluding hydrogens is 336 g/mol. The molecular formula is C22H24N4O. The number of amides is 1. The van der Waals surface area contributed by atoms with Crippen molar-refractivity contribution >= 4 is 11.6 Å². The van der Waals surface area contributed by atoms with Crippen LogP contribution in [0.1, 0.15) is 21.6 Å². The van der Waals surface area contributed by atoms with E-state index >= 15 is 0 Å². The van der Waals surface area contributed by atoms with Crippen LogP contribution in [0.5, 0.6) is 0 Å². The molecule has 1 aliphatic heterocycles. The van der Waals surface area contributed by atoms with E-state index in [1.165, 1.54) is 16.8 Å². The smallest absolute Gasteiger partial charge is 0.272 e. The molecule has 138 valence electrons. The Morgan fingerprint density at radius 2 is 1.70 bits per heavy atom. The van der Waals surface area contributed by atoms with Crippen molar-refractivity contribution in [1.82, 2.24) is 15.1 Å². The number of hydrogen-bond acceptors (Lipinski definition) is 3. The zero-order chi connectivity index (χ0) is 18.8. The van der Waals surface area contributed by atoms with E-state index in [0.717, 1.165) is 24.3 Å². The molecule has 1 fully saturated rings. The summed E-state index contributed by atoms with van der Waals surface area (Å²) in [7, 11) is 0. The Hall–Kier alpha value is -3.08. The van der Waals surface area contributed by atoms with Crippen molar-refractivity contribution in [1.29, 1.82) is 0 Å². The number of nitrogens with one attached hydrogen (secondary N) is 1. The molecule has 27 heavy (non-hydrogen) atoms. The maximum Gasteiger partial charge on any atom is 0.272 e. The molecule has 1 amide bonds. The number of aromatic nitrogens is 2. The number of hydrogen-bond donors (Lipinski definition) is 1. The molecule has 0 aliphatic carbocycles. The molecule has 1 aromatic heterocycles. The van der Waals surface area contributed by atoms with Crippen molar-refractivity contribution in [3.63, 3.8) is 0 Å². The van der Waals surface area contributed by atoms with Crippen molar-refractivity contribution in [2.75, 3.05) is 31.1 Å². The van der Waals surface area contributed by atoms with Gasteiger partial charge in [0.2, 0.25) is 0 Å². The second-order valence-corrected chi connectivity index (χ2v) is 7.10. The molecule has 0 radical (unpaired) electrons. The molecule has 0 bridgehead atoms. The zero-order valence-corrected chi connectivity index (χ0v) is 15.8. The van der Waals surface area contributed by atoms with Crippen molar-refractivity contribution in [3.05, 3.63) is 71.4 Å². The van der Waals surface area contributed by atoms with Crippen LogP contribution in [0.25, 0.3) is 11.3 Å². The Balaban J connectivity index is 1.43. The third-order valence-electron chi connectivity index (χ3n) is 5.15. The number of anilines is 1. The minimum absolute atomic E-state index is 0.0188. The number of aromatic amines is 1. The van der Waals surface area contributed by atoms with Gasteiger partial charge in [0, 0.05) is 37.4 Å². The number of piperazine rings is 1. The number of carbonyl (C=O) groups excluding carboxylic acids is 1. The summed E-state index contributed by atoms with van der Waals surface area (Å²) in [5.74, 6) is 0.0188. The maximum atomic E-state index is 12.8. The van der Waals surface area contributed by atoms with Gasteiger partial charge in [-0.2, -0.15) is 5.10 Å². The first-order valence-electron chi connectivity index (χ1n) is 9.34. The number of carbonyl (C=O) groups is 1. The third-order valence-corrected chi connectivity index (χ3v) is 5.15. The van der Waals surface area contributed by atoms with Gasteiger partial charge in [-0.25, -0.2) is 0 Å². The molecule has 0 atom stereocenters. The van der Waals surface area contributed by atoms with Crippen LogP contribution in [-0.4, -0.2) is 47.2 Å². The number of benzene rings is 2. The standard InChI is InChI=1S/C22H24N4O/c1-16-8-9-17(2)21(14-16)25-10-12-26(13-11-25)22(27)20-15-19(23-24-20)18-6-4-3-5-7-18/h3-9,14-15H,10-13H2,1-2H3,(H,23,24). The van der Waals surface area contributed by atoms with E-state index in [0.29, 0.717) is 18.8 Å². The molecule has 2 aromatic carbocycles. The monoisotopic (exact) mass is 360 g/mol. The molecule has 5 nitrogen and oxygen atoms in total. The fourth-order valence-electron chi connectivity index (χ4n) is 3.57. The first-order chi connectivity index (χ1) is 13.1. The van der Waals surface area contributed by atoms with Gasteiger partial charge < -0.3 is 9.80 Å². The van der Waals surface area contributed by atoms with Crippen LogP contribution in [0, 0.1) is 13.8 Å². The van der Waals surface area contributed by atoms with Crippen LogP contribution < -0.4 is 4.90 Å². The predicted molar refractivity (Wildman–Crippen MR) is 108 cm³/mol. The fourth-order valence-corrected chi connectivity index (χ4v) is 3.57. The van der Waals surface area contributed by atoms with Crippen LogP contribution in [-0.2, 0) is 0 Å². The Morgan fingerprint density at radius 3 is 2.44 bits per heavy atom. The van der Waals surface area contributed by atoms with Gasteiger partial charge in [0.05, 0.1) is 5.69 Å². The van der Waals surface area contributed by atoms with Crippen molar-refractivity contribution in [2.45, 2.75) is 13.8 Å². The van der Waals surface area contributed by atoms with E-state index in [4.69, 9.17) is 0 Å². The van der Waals surface area contributed by atoms with Gasteiger partial charge in [-0.15, -0.1) is 0 Å². The zero-order valence-electron chi connectivity index (χ0n) is 15.8. The minimum Gasteiger partial charge on any atom is -0.368 e. The summed E-state index contributed by atoms with van der Waals surface area (Å²) in [6, 6.07) is 18.3. The Morgan fingerprint density at radius 1 is 0.963 bits per heavy atom. The van der Waals surface area contributed by atoms with E-state index in [9.17, 15) is 4.79 Å². The summed E-state index contributed by atoms with van der Waals surface area (Å²) in [6.07, 6.45) is 0. The van der Waals surface area contributed by atoms with Gasteiger partial charge in [0.25, 0.3) is 5.91 Å². The second kappa shape index (κ2) is 7.27. The van der Waals surface area contributed by atoms with E-state index in [1.54, 1.807) is 0 Å². The summed E-state index contributed by atoms with van der Waals surface area (Å²) in [6.45, 7) is 7.37. The Kier molecular flexibility index (Phi) is 4.67. The van der Waals surface area contributed by atoms with Crippen LogP contribution >= 0.6 is 0 Å². The van der Waals surface area contributed by atoms with E-state index in [1.807, 2.05) is 41.3 Å². The predicted octanol–water partition coefficient (Wildman–Crippen LogP) is 3.66. The number of nitrogens with zero attached hydrogens (tertiary/aromatic N) is 3. The summed E-state index contributed by atoms with van der Waals surface area (Å²) in [4.78, 5) is 17.1. The van der Waals surface area contributed by atoms with Gasteiger partial charge in [0.1, 0.15) is 5.69 Å². The molecule has 3 aromatic rings. The summed E-state index contributed by atoms with van der Waals surface area (Å²) in [5.41, 5.74) is 6.17. The molecule has 0 saturated carbocycles. The van der Waals surface area contributed by atoms with E-state index in [2.05, 4.69) is 47.1 Å². The van der Waals surface area contributed by atoms with Crippen LogP contribution in [0.3, 0.4) is 0 Å². The SMILES string of the molecule is Cc1ccc(C)c(N2CCN(C(=O)c3cc(-c4ccccc4)n[nH]3)CC2)c1. The largest absolute Gasteiger partial charge is 0.368 e. The molecule has 0 spiro atoms. The highest BCUT2D eigenvalue weighted by Gasteiger charge is 2.24. The third kappa shape index (κ3) is 3.58. The Labute approximate surface area is 159 Å². The van der Waals surface area contributed by atoms with E-state index in [-0.39, 0.29) is 5.91 Å². The number of aryl methyl sites for hydroxylation is 2. The first-order valence-corrected chi connectivity index (χ1v) is 9.34. The van der Waals surface area contributed by atoms with Crippen LogP contribution in [0.4, 0.5) is 5.69 Å². The van der Waals surface area contributed by atoms with Crippen molar-refractivity contribution < 1.29 is 4.79 Å². The molecule has 4 rings (SSSR count). The molecule has 1 N–H and O–H groups in total. The topological polar surface area (TPSA) is 52.2 Å². The highest BCUT2D eigenvalue weighted by atomic mass is 16.2. The van der Waals surface area contributed by atoms with Gasteiger partial charge in [-0.1, -0.05) is 42.5 Å². The molecule has 1 aliphatic rings. The lowest BCUT2D eigenvalue weighted by molar-refractivity contribution is 0.0741. The van der Waals surface area contributed by atoms with Gasteiger partial charge in [-0.3, -0.25) is 9.89 Å². The average molecular weight is 360 g/mol. The number of rotatable bonds is 3. The van der Waals surface area contributed by atoms with Crippen LogP contribution in [0.15, 0.2) is 54.6 Å². The first kappa shape index (κ1) is 17.3. The highest BCUT2D eigenvalue weighted by molar-refractivity contribution is 5.93. The fraction of sp³-hybridized carbons (Fsp3) is 0.273. The quantitative estimate of drug-likeness (QED) is 0.776. The number of H-pyrrole nitrogens is 1. The lowest BCUT2D eigenvalue weighted by atomic mass is 10.1. The summed E-state index contributed by atoms with van der Waals surface area (Å²) >= 11 is 0. The molecule has 5 heteroatoms. The normalized spacial score (nSPS) is 14.4. The minimum atomic E-state index is 0.0188.